The van der Waals surface area contributed by atoms with Gasteiger partial charge >= 0.3 is 5.97 Å². The number of hydrogen-bond donors (Lipinski definition) is 2. The Morgan fingerprint density at radius 3 is 2.57 bits per heavy atom. The lowest BCUT2D eigenvalue weighted by Gasteiger charge is -2.29. The molecule has 154 valence electrons. The van der Waals surface area contributed by atoms with Gasteiger partial charge in [-0.1, -0.05) is 19.0 Å². The Morgan fingerprint density at radius 1 is 1.32 bits per heavy atom. The minimum absolute atomic E-state index is 0.000771. The number of aliphatic hydroxyl groups excluding tert-OH is 1. The van der Waals surface area contributed by atoms with Crippen LogP contribution in [-0.4, -0.2) is 70.2 Å². The molecule has 2 aliphatic rings. The fourth-order valence-electron chi connectivity index (χ4n) is 4.05. The molecular weight excluding hydrogens is 366 g/mol. The van der Waals surface area contributed by atoms with Crippen LogP contribution in [0.1, 0.15) is 44.8 Å². The molecule has 0 aromatic carbocycles. The molecule has 2 fully saturated rings. The number of carbonyl (C=O) groups is 3. The summed E-state index contributed by atoms with van der Waals surface area (Å²) in [7, 11) is 0. The van der Waals surface area contributed by atoms with Gasteiger partial charge in [-0.25, -0.2) is 4.79 Å². The second-order valence-corrected chi connectivity index (χ2v) is 8.00. The Labute approximate surface area is 163 Å². The van der Waals surface area contributed by atoms with Crippen LogP contribution in [0, 0.1) is 11.8 Å². The zero-order valence-corrected chi connectivity index (χ0v) is 16.2. The molecule has 2 saturated heterocycles. The summed E-state index contributed by atoms with van der Waals surface area (Å²) in [6.07, 6.45) is 1.68. The third-order valence-electron chi connectivity index (χ3n) is 5.66. The Balaban J connectivity index is 1.78. The number of aliphatic hydroxyl groups is 1. The van der Waals surface area contributed by atoms with E-state index in [1.807, 2.05) is 18.7 Å². The molecule has 1 aromatic rings. The summed E-state index contributed by atoms with van der Waals surface area (Å²) in [5.74, 6) is -1.23. The second kappa shape index (κ2) is 8.30. The van der Waals surface area contributed by atoms with Crippen LogP contribution in [0.4, 0.5) is 5.82 Å². The molecule has 3 heterocycles. The highest BCUT2D eigenvalue weighted by molar-refractivity contribution is 5.88. The number of aldehydes is 1. The van der Waals surface area contributed by atoms with E-state index in [9.17, 15) is 24.6 Å². The summed E-state index contributed by atoms with van der Waals surface area (Å²) in [5, 5.41) is 23.3. The maximum absolute atomic E-state index is 13.1. The van der Waals surface area contributed by atoms with E-state index in [0.29, 0.717) is 24.7 Å². The van der Waals surface area contributed by atoms with Gasteiger partial charge in [0.15, 0.2) is 11.6 Å². The van der Waals surface area contributed by atoms with E-state index in [-0.39, 0.29) is 30.7 Å². The number of nitrogens with zero attached hydrogens (tertiary/aromatic N) is 3. The maximum atomic E-state index is 13.1. The maximum Gasteiger partial charge on any atom is 0.326 e. The van der Waals surface area contributed by atoms with E-state index in [1.165, 1.54) is 4.90 Å². The van der Waals surface area contributed by atoms with Gasteiger partial charge in [0.05, 0.1) is 6.10 Å². The first-order valence-corrected chi connectivity index (χ1v) is 9.70. The van der Waals surface area contributed by atoms with Crippen molar-refractivity contribution in [3.05, 3.63) is 11.8 Å². The summed E-state index contributed by atoms with van der Waals surface area (Å²) in [6, 6.07) is 0.694. The monoisotopic (exact) mass is 393 g/mol. The number of amides is 1. The van der Waals surface area contributed by atoms with Gasteiger partial charge in [-0.05, 0) is 18.8 Å². The third kappa shape index (κ3) is 4.04. The summed E-state index contributed by atoms with van der Waals surface area (Å²) in [4.78, 5) is 38.8. The van der Waals surface area contributed by atoms with Crippen LogP contribution in [0.5, 0.6) is 0 Å². The molecule has 28 heavy (non-hydrogen) atoms. The third-order valence-corrected chi connectivity index (χ3v) is 5.66. The fourth-order valence-corrected chi connectivity index (χ4v) is 4.05. The van der Waals surface area contributed by atoms with Crippen LogP contribution in [-0.2, 0) is 14.4 Å². The summed E-state index contributed by atoms with van der Waals surface area (Å²) in [6.45, 7) is 5.11. The van der Waals surface area contributed by atoms with Crippen LogP contribution in [0.3, 0.4) is 0 Å². The summed E-state index contributed by atoms with van der Waals surface area (Å²) < 4.78 is 5.48. The number of β-amino-alcohol motifs (C(OH)–C–C–N with tert-alkyl or cyclic N) is 1. The average Bonchev–Trinajstić information content (AvgIpc) is 3.28. The van der Waals surface area contributed by atoms with E-state index in [2.05, 4.69) is 5.16 Å². The number of anilines is 1. The van der Waals surface area contributed by atoms with Gasteiger partial charge in [-0.2, -0.15) is 0 Å². The quantitative estimate of drug-likeness (QED) is 0.683. The van der Waals surface area contributed by atoms with Gasteiger partial charge in [-0.15, -0.1) is 0 Å². The summed E-state index contributed by atoms with van der Waals surface area (Å²) in [5.41, 5.74) is 0. The lowest BCUT2D eigenvalue weighted by Crippen LogP contribution is -2.44. The number of carbonyl (C=O) groups excluding carboxylic acids is 2. The molecule has 9 heteroatoms. The topological polar surface area (TPSA) is 124 Å². The molecule has 1 amide bonds. The normalized spacial score (nSPS) is 24.6. The molecule has 0 saturated carbocycles. The Morgan fingerprint density at radius 2 is 2.00 bits per heavy atom. The molecule has 0 aliphatic carbocycles. The SMILES string of the molecule is CC(C)[C@@H](C(=O)N1CC(O)CC1C(=O)O)c1cc(N2CCC(C=O)CC2)no1. The largest absolute Gasteiger partial charge is 0.480 e. The number of carboxylic acids is 1. The Bertz CT molecular complexity index is 725. The molecule has 0 bridgehead atoms. The molecule has 0 spiro atoms. The number of aliphatic carboxylic acids is 1. The zero-order chi connectivity index (χ0) is 20.4. The van der Waals surface area contributed by atoms with E-state index in [1.54, 1.807) is 6.07 Å². The van der Waals surface area contributed by atoms with Crippen molar-refractivity contribution in [2.24, 2.45) is 11.8 Å². The minimum atomic E-state index is -1.12. The van der Waals surface area contributed by atoms with Gasteiger partial charge in [0.1, 0.15) is 18.2 Å². The van der Waals surface area contributed by atoms with E-state index in [0.717, 1.165) is 19.1 Å². The fraction of sp³-hybridized carbons (Fsp3) is 0.684. The first kappa shape index (κ1) is 20.3. The van der Waals surface area contributed by atoms with Gasteiger partial charge in [0.25, 0.3) is 0 Å². The smallest absolute Gasteiger partial charge is 0.326 e. The Kier molecular flexibility index (Phi) is 6.02. The van der Waals surface area contributed by atoms with E-state index < -0.39 is 24.0 Å². The van der Waals surface area contributed by atoms with Gasteiger partial charge in [0, 0.05) is 38.0 Å². The highest BCUT2D eigenvalue weighted by Crippen LogP contribution is 2.33. The number of aromatic nitrogens is 1. The van der Waals surface area contributed by atoms with Crippen molar-refractivity contribution in [1.29, 1.82) is 0 Å². The minimum Gasteiger partial charge on any atom is -0.480 e. The predicted octanol–water partition coefficient (Wildman–Crippen LogP) is 0.876. The lowest BCUT2D eigenvalue weighted by molar-refractivity contribution is -0.149. The second-order valence-electron chi connectivity index (χ2n) is 8.00. The molecular formula is C19H27N3O6. The average molecular weight is 393 g/mol. The first-order valence-electron chi connectivity index (χ1n) is 9.70. The first-order chi connectivity index (χ1) is 13.3. The number of hydrogen-bond acceptors (Lipinski definition) is 7. The number of likely N-dealkylation sites (tertiary alicyclic amines) is 1. The lowest BCUT2D eigenvalue weighted by atomic mass is 9.91. The van der Waals surface area contributed by atoms with Crippen molar-refractivity contribution in [3.8, 4) is 0 Å². The highest BCUT2D eigenvalue weighted by Gasteiger charge is 2.43. The van der Waals surface area contributed by atoms with E-state index >= 15 is 0 Å². The van der Waals surface area contributed by atoms with Crippen molar-refractivity contribution in [1.82, 2.24) is 10.1 Å². The van der Waals surface area contributed by atoms with Crippen LogP contribution < -0.4 is 4.90 Å². The molecule has 1 aromatic heterocycles. The van der Waals surface area contributed by atoms with Gasteiger partial charge in [-0.3, -0.25) is 4.79 Å². The van der Waals surface area contributed by atoms with Gasteiger partial charge in [0.2, 0.25) is 5.91 Å². The number of carboxylic acid groups (broad SMARTS) is 1. The van der Waals surface area contributed by atoms with Crippen molar-refractivity contribution in [2.45, 2.75) is 51.2 Å². The molecule has 2 N–H and O–H groups in total. The molecule has 3 atom stereocenters. The number of rotatable bonds is 6. The molecule has 3 rings (SSSR count). The zero-order valence-electron chi connectivity index (χ0n) is 16.2. The molecule has 9 nitrogen and oxygen atoms in total. The van der Waals surface area contributed by atoms with Crippen LogP contribution in [0.2, 0.25) is 0 Å². The molecule has 2 aliphatic heterocycles. The number of piperidine rings is 1. The van der Waals surface area contributed by atoms with E-state index in [4.69, 9.17) is 4.52 Å². The van der Waals surface area contributed by atoms with Crippen molar-refractivity contribution in [2.75, 3.05) is 24.5 Å². The predicted molar refractivity (Wildman–Crippen MR) is 98.8 cm³/mol. The summed E-state index contributed by atoms with van der Waals surface area (Å²) >= 11 is 0. The van der Waals surface area contributed by atoms with Gasteiger partial charge < -0.3 is 29.3 Å². The standard InChI is InChI=1S/C19H27N3O6/c1-11(2)17(18(25)22-9-13(24)7-14(22)19(26)27)15-8-16(20-28-15)21-5-3-12(10-23)4-6-21/h8,10-14,17,24H,3-7,9H2,1-2H3,(H,26,27)/t13?,14?,17-/m1/s1. The van der Waals surface area contributed by atoms with Crippen LogP contribution >= 0.6 is 0 Å². The molecule has 0 radical (unpaired) electrons. The van der Waals surface area contributed by atoms with Crippen molar-refractivity contribution < 1.29 is 29.1 Å². The Hall–Kier alpha value is -2.42. The van der Waals surface area contributed by atoms with Crippen LogP contribution in [0.25, 0.3) is 0 Å². The van der Waals surface area contributed by atoms with Crippen molar-refractivity contribution in [3.63, 3.8) is 0 Å². The molecule has 2 unspecified atom stereocenters. The van der Waals surface area contributed by atoms with Crippen molar-refractivity contribution >= 4 is 24.0 Å². The highest BCUT2D eigenvalue weighted by atomic mass is 16.5. The van der Waals surface area contributed by atoms with Crippen LogP contribution in [0.15, 0.2) is 10.6 Å².